The van der Waals surface area contributed by atoms with Gasteiger partial charge in [-0.05, 0) is 46.3 Å². The molecular formula is C12H10Br2N2O. The Morgan fingerprint density at radius 3 is 2.29 bits per heavy atom. The van der Waals surface area contributed by atoms with E-state index in [0.717, 1.165) is 8.95 Å². The molecule has 0 fully saturated rings. The average Bonchev–Trinajstić information content (AvgIpc) is 2.22. The molecule has 0 bridgehead atoms. The minimum Gasteiger partial charge on any atom is -0.457 e. The van der Waals surface area contributed by atoms with Gasteiger partial charge in [-0.25, -0.2) is 0 Å². The van der Waals surface area contributed by atoms with Gasteiger partial charge in [0.2, 0.25) is 0 Å². The fourth-order valence-corrected chi connectivity index (χ4v) is 2.20. The summed E-state index contributed by atoms with van der Waals surface area (Å²) in [5.41, 5.74) is 12.7. The Labute approximate surface area is 116 Å². The zero-order valence-corrected chi connectivity index (χ0v) is 12.0. The summed E-state index contributed by atoms with van der Waals surface area (Å²) < 4.78 is 7.36. The van der Waals surface area contributed by atoms with E-state index in [1.165, 1.54) is 0 Å². The second kappa shape index (κ2) is 4.98. The van der Waals surface area contributed by atoms with Crippen molar-refractivity contribution in [2.75, 3.05) is 11.5 Å². The van der Waals surface area contributed by atoms with Crippen molar-refractivity contribution in [3.05, 3.63) is 45.3 Å². The fourth-order valence-electron chi connectivity index (χ4n) is 1.35. The Morgan fingerprint density at radius 1 is 0.882 bits per heavy atom. The van der Waals surface area contributed by atoms with Crippen LogP contribution in [0.3, 0.4) is 0 Å². The molecule has 0 heterocycles. The maximum absolute atomic E-state index is 5.73. The molecule has 0 spiro atoms. The number of nitrogen functional groups attached to an aromatic ring is 2. The number of halogens is 2. The molecule has 2 aromatic rings. The zero-order valence-electron chi connectivity index (χ0n) is 8.78. The lowest BCUT2D eigenvalue weighted by atomic mass is 10.3. The van der Waals surface area contributed by atoms with Gasteiger partial charge in [-0.2, -0.15) is 0 Å². The molecule has 2 rings (SSSR count). The van der Waals surface area contributed by atoms with E-state index >= 15 is 0 Å². The molecule has 3 nitrogen and oxygen atoms in total. The molecule has 0 radical (unpaired) electrons. The van der Waals surface area contributed by atoms with Gasteiger partial charge < -0.3 is 16.2 Å². The summed E-state index contributed by atoms with van der Waals surface area (Å²) in [5.74, 6) is 1.37. The number of rotatable bonds is 2. The summed E-state index contributed by atoms with van der Waals surface area (Å²) >= 11 is 6.71. The van der Waals surface area contributed by atoms with Crippen molar-refractivity contribution in [1.29, 1.82) is 0 Å². The second-order valence-electron chi connectivity index (χ2n) is 3.51. The standard InChI is InChI=1S/C12H10Br2N2O/c13-7-3-8(15)5-10(4-7)17-9-1-2-12(16)11(14)6-9/h1-6H,15-16H2. The summed E-state index contributed by atoms with van der Waals surface area (Å²) in [6.07, 6.45) is 0. The maximum Gasteiger partial charge on any atom is 0.130 e. The van der Waals surface area contributed by atoms with Crippen LogP contribution in [0.25, 0.3) is 0 Å². The fraction of sp³-hybridized carbons (Fsp3) is 0. The molecule has 0 amide bonds. The maximum atomic E-state index is 5.73. The van der Waals surface area contributed by atoms with Crippen molar-refractivity contribution in [2.45, 2.75) is 0 Å². The number of hydrogen-bond donors (Lipinski definition) is 2. The molecule has 0 aliphatic rings. The molecule has 0 aliphatic carbocycles. The van der Waals surface area contributed by atoms with Crippen LogP contribution in [0.5, 0.6) is 11.5 Å². The predicted octanol–water partition coefficient (Wildman–Crippen LogP) is 4.17. The monoisotopic (exact) mass is 356 g/mol. The zero-order chi connectivity index (χ0) is 12.4. The molecular weight excluding hydrogens is 348 g/mol. The Hall–Kier alpha value is -1.20. The van der Waals surface area contributed by atoms with Gasteiger partial charge in [0, 0.05) is 26.4 Å². The predicted molar refractivity (Wildman–Crippen MR) is 77.2 cm³/mol. The van der Waals surface area contributed by atoms with Gasteiger partial charge in [-0.3, -0.25) is 0 Å². The van der Waals surface area contributed by atoms with E-state index < -0.39 is 0 Å². The average molecular weight is 358 g/mol. The first-order valence-electron chi connectivity index (χ1n) is 4.83. The lowest BCUT2D eigenvalue weighted by Crippen LogP contribution is -1.90. The van der Waals surface area contributed by atoms with E-state index in [9.17, 15) is 0 Å². The highest BCUT2D eigenvalue weighted by Gasteiger charge is 2.02. The highest BCUT2D eigenvalue weighted by Crippen LogP contribution is 2.30. The number of anilines is 2. The van der Waals surface area contributed by atoms with Crippen LogP contribution < -0.4 is 16.2 Å². The van der Waals surface area contributed by atoms with E-state index in [-0.39, 0.29) is 0 Å². The molecule has 0 saturated heterocycles. The first-order chi connectivity index (χ1) is 8.04. The summed E-state index contributed by atoms with van der Waals surface area (Å²) in [4.78, 5) is 0. The Kier molecular flexibility index (Phi) is 3.59. The number of benzene rings is 2. The third kappa shape index (κ3) is 3.14. The first kappa shape index (κ1) is 12.3. The molecule has 88 valence electrons. The van der Waals surface area contributed by atoms with Gasteiger partial charge in [-0.15, -0.1) is 0 Å². The minimum atomic E-state index is 0.642. The van der Waals surface area contributed by atoms with Crippen LogP contribution in [-0.4, -0.2) is 0 Å². The van der Waals surface area contributed by atoms with Crippen LogP contribution in [-0.2, 0) is 0 Å². The summed E-state index contributed by atoms with van der Waals surface area (Å²) in [6.45, 7) is 0. The first-order valence-corrected chi connectivity index (χ1v) is 6.42. The van der Waals surface area contributed by atoms with Gasteiger partial charge in [0.15, 0.2) is 0 Å². The Morgan fingerprint density at radius 2 is 1.65 bits per heavy atom. The van der Waals surface area contributed by atoms with E-state index in [1.54, 1.807) is 18.2 Å². The Balaban J connectivity index is 2.28. The molecule has 0 unspecified atom stereocenters. The molecule has 5 heteroatoms. The quantitative estimate of drug-likeness (QED) is 0.793. The van der Waals surface area contributed by atoms with Gasteiger partial charge in [0.1, 0.15) is 11.5 Å². The van der Waals surface area contributed by atoms with Crippen LogP contribution in [0.2, 0.25) is 0 Å². The molecule has 0 saturated carbocycles. The smallest absolute Gasteiger partial charge is 0.130 e. The molecule has 2 aromatic carbocycles. The normalized spacial score (nSPS) is 10.2. The van der Waals surface area contributed by atoms with Gasteiger partial charge in [-0.1, -0.05) is 15.9 Å². The summed E-state index contributed by atoms with van der Waals surface area (Å²) in [6, 6.07) is 10.8. The van der Waals surface area contributed by atoms with Crippen LogP contribution >= 0.6 is 31.9 Å². The van der Waals surface area contributed by atoms with E-state index in [4.69, 9.17) is 16.2 Å². The number of hydrogen-bond acceptors (Lipinski definition) is 3. The number of nitrogens with two attached hydrogens (primary N) is 2. The molecule has 4 N–H and O–H groups in total. The van der Waals surface area contributed by atoms with Crippen molar-refractivity contribution in [1.82, 2.24) is 0 Å². The van der Waals surface area contributed by atoms with Crippen molar-refractivity contribution in [2.24, 2.45) is 0 Å². The van der Waals surface area contributed by atoms with E-state index in [0.29, 0.717) is 22.9 Å². The van der Waals surface area contributed by atoms with Crippen molar-refractivity contribution >= 4 is 43.2 Å². The van der Waals surface area contributed by atoms with Crippen LogP contribution in [0.4, 0.5) is 11.4 Å². The second-order valence-corrected chi connectivity index (χ2v) is 5.28. The van der Waals surface area contributed by atoms with E-state index in [2.05, 4.69) is 31.9 Å². The van der Waals surface area contributed by atoms with E-state index in [1.807, 2.05) is 18.2 Å². The minimum absolute atomic E-state index is 0.642. The highest BCUT2D eigenvalue weighted by atomic mass is 79.9. The Bertz CT molecular complexity index is 538. The lowest BCUT2D eigenvalue weighted by Gasteiger charge is -2.08. The topological polar surface area (TPSA) is 61.3 Å². The number of ether oxygens (including phenoxy) is 1. The molecule has 0 aliphatic heterocycles. The largest absolute Gasteiger partial charge is 0.457 e. The lowest BCUT2D eigenvalue weighted by molar-refractivity contribution is 0.482. The molecule has 0 atom stereocenters. The third-order valence-corrected chi connectivity index (χ3v) is 3.25. The molecule has 17 heavy (non-hydrogen) atoms. The highest BCUT2D eigenvalue weighted by molar-refractivity contribution is 9.10. The van der Waals surface area contributed by atoms with Crippen LogP contribution in [0, 0.1) is 0 Å². The van der Waals surface area contributed by atoms with Gasteiger partial charge in [0.05, 0.1) is 0 Å². The van der Waals surface area contributed by atoms with Crippen molar-refractivity contribution in [3.8, 4) is 11.5 Å². The summed E-state index contributed by atoms with van der Waals surface area (Å²) in [5, 5.41) is 0. The van der Waals surface area contributed by atoms with Crippen LogP contribution in [0.15, 0.2) is 45.3 Å². The van der Waals surface area contributed by atoms with Gasteiger partial charge >= 0.3 is 0 Å². The SMILES string of the molecule is Nc1cc(Br)cc(Oc2ccc(N)c(Br)c2)c1. The van der Waals surface area contributed by atoms with Crippen molar-refractivity contribution in [3.63, 3.8) is 0 Å². The van der Waals surface area contributed by atoms with Crippen molar-refractivity contribution < 1.29 is 4.74 Å². The van der Waals surface area contributed by atoms with Crippen LogP contribution in [0.1, 0.15) is 0 Å². The summed E-state index contributed by atoms with van der Waals surface area (Å²) in [7, 11) is 0. The molecule has 0 aromatic heterocycles. The third-order valence-electron chi connectivity index (χ3n) is 2.10. The van der Waals surface area contributed by atoms with Gasteiger partial charge in [0.25, 0.3) is 0 Å².